The molecule has 0 aromatic carbocycles. The monoisotopic (exact) mass is 307 g/mol. The van der Waals surface area contributed by atoms with Crippen molar-refractivity contribution in [2.75, 3.05) is 13.7 Å². The third-order valence-electron chi connectivity index (χ3n) is 3.75. The summed E-state index contributed by atoms with van der Waals surface area (Å²) in [5, 5.41) is 10.8. The van der Waals surface area contributed by atoms with Crippen molar-refractivity contribution in [2.45, 2.75) is 32.2 Å². The lowest BCUT2D eigenvalue weighted by Gasteiger charge is -2.33. The van der Waals surface area contributed by atoms with E-state index in [9.17, 15) is 19.7 Å². The molecule has 22 heavy (non-hydrogen) atoms. The number of likely N-dealkylation sites (tertiary alicyclic amines) is 1. The van der Waals surface area contributed by atoms with Crippen LogP contribution in [0.15, 0.2) is 12.3 Å². The summed E-state index contributed by atoms with van der Waals surface area (Å²) < 4.78 is 4.74. The highest BCUT2D eigenvalue weighted by molar-refractivity contribution is 5.98. The van der Waals surface area contributed by atoms with Gasteiger partial charge in [0.2, 0.25) is 0 Å². The second kappa shape index (κ2) is 6.50. The summed E-state index contributed by atoms with van der Waals surface area (Å²) in [6, 6.07) is 0.554. The third kappa shape index (κ3) is 3.05. The molecule has 1 aromatic rings. The van der Waals surface area contributed by atoms with Crippen molar-refractivity contribution >= 4 is 17.6 Å². The molecule has 0 bridgehead atoms. The highest BCUT2D eigenvalue weighted by atomic mass is 16.6. The molecule has 1 atom stereocenters. The predicted octanol–water partition coefficient (Wildman–Crippen LogP) is 1.47. The molecule has 0 spiro atoms. The average Bonchev–Trinajstić information content (AvgIpc) is 2.53. The topological polar surface area (TPSA) is 103 Å². The highest BCUT2D eigenvalue weighted by Crippen LogP contribution is 2.23. The largest absolute Gasteiger partial charge is 0.467 e. The van der Waals surface area contributed by atoms with E-state index in [4.69, 9.17) is 4.74 Å². The summed E-state index contributed by atoms with van der Waals surface area (Å²) in [5.41, 5.74) is 0.287. The fourth-order valence-corrected chi connectivity index (χ4v) is 2.55. The number of hydrogen-bond donors (Lipinski definition) is 0. The number of nitrogens with zero attached hydrogens (tertiary/aromatic N) is 3. The van der Waals surface area contributed by atoms with Crippen LogP contribution in [0.25, 0.3) is 0 Å². The summed E-state index contributed by atoms with van der Waals surface area (Å²) in [6.45, 7) is 2.02. The quantitative estimate of drug-likeness (QED) is 0.476. The molecule has 1 saturated heterocycles. The summed E-state index contributed by atoms with van der Waals surface area (Å²) in [5.74, 6) is -0.895. The third-order valence-corrected chi connectivity index (χ3v) is 3.75. The number of nitro groups is 1. The zero-order valence-corrected chi connectivity index (χ0v) is 12.4. The van der Waals surface area contributed by atoms with Crippen molar-refractivity contribution in [3.63, 3.8) is 0 Å². The summed E-state index contributed by atoms with van der Waals surface area (Å²) in [4.78, 5) is 40.1. The number of amides is 1. The molecular weight excluding hydrogens is 290 g/mol. The van der Waals surface area contributed by atoms with Crippen LogP contribution in [0, 0.1) is 17.0 Å². The SMILES string of the molecule is COC(=O)C1CCCCN1C(=O)c1cc([N+](=O)[O-])cnc1C. The van der Waals surface area contributed by atoms with Gasteiger partial charge in [0.05, 0.1) is 23.3 Å². The Morgan fingerprint density at radius 1 is 1.45 bits per heavy atom. The Morgan fingerprint density at radius 2 is 2.18 bits per heavy atom. The maximum atomic E-state index is 12.7. The van der Waals surface area contributed by atoms with Gasteiger partial charge in [0.15, 0.2) is 0 Å². The number of rotatable bonds is 3. The van der Waals surface area contributed by atoms with E-state index in [1.807, 2.05) is 0 Å². The number of methoxy groups -OCH3 is 1. The summed E-state index contributed by atoms with van der Waals surface area (Å²) in [6.07, 6.45) is 3.25. The van der Waals surface area contributed by atoms with Gasteiger partial charge in [-0.05, 0) is 26.2 Å². The minimum Gasteiger partial charge on any atom is -0.467 e. The van der Waals surface area contributed by atoms with E-state index in [0.29, 0.717) is 18.7 Å². The number of carbonyl (C=O) groups excluding carboxylic acids is 2. The average molecular weight is 307 g/mol. The molecule has 1 unspecified atom stereocenters. The second-order valence-corrected chi connectivity index (χ2v) is 5.12. The minimum atomic E-state index is -0.648. The summed E-state index contributed by atoms with van der Waals surface area (Å²) in [7, 11) is 1.28. The Hall–Kier alpha value is -2.51. The Morgan fingerprint density at radius 3 is 2.82 bits per heavy atom. The van der Waals surface area contributed by atoms with Crippen LogP contribution < -0.4 is 0 Å². The molecule has 2 rings (SSSR count). The van der Waals surface area contributed by atoms with Gasteiger partial charge in [-0.2, -0.15) is 0 Å². The van der Waals surface area contributed by atoms with Gasteiger partial charge in [-0.3, -0.25) is 19.9 Å². The molecule has 1 aromatic heterocycles. The molecule has 0 aliphatic carbocycles. The molecule has 0 radical (unpaired) electrons. The number of aryl methyl sites for hydroxylation is 1. The zero-order chi connectivity index (χ0) is 16.3. The van der Waals surface area contributed by atoms with E-state index in [1.165, 1.54) is 18.1 Å². The van der Waals surface area contributed by atoms with Gasteiger partial charge in [-0.15, -0.1) is 0 Å². The van der Waals surface area contributed by atoms with Gasteiger partial charge in [0.1, 0.15) is 12.2 Å². The standard InChI is InChI=1S/C14H17N3O5/c1-9-11(7-10(8-15-9)17(20)21)13(18)16-6-4-3-5-12(16)14(19)22-2/h7-8,12H,3-6H2,1-2H3. The Bertz CT molecular complexity index is 616. The van der Waals surface area contributed by atoms with E-state index in [-0.39, 0.29) is 11.3 Å². The first-order valence-corrected chi connectivity index (χ1v) is 6.95. The second-order valence-electron chi connectivity index (χ2n) is 5.12. The molecule has 1 aliphatic rings. The van der Waals surface area contributed by atoms with E-state index < -0.39 is 22.8 Å². The number of esters is 1. The molecule has 2 heterocycles. The molecule has 0 saturated carbocycles. The van der Waals surface area contributed by atoms with Crippen LogP contribution in [0.3, 0.4) is 0 Å². The summed E-state index contributed by atoms with van der Waals surface area (Å²) >= 11 is 0. The maximum Gasteiger partial charge on any atom is 0.328 e. The van der Waals surface area contributed by atoms with Crippen LogP contribution in [0.1, 0.15) is 35.3 Å². The Labute approximate surface area is 127 Å². The van der Waals surface area contributed by atoms with Crippen LogP contribution in [-0.4, -0.2) is 46.4 Å². The van der Waals surface area contributed by atoms with Gasteiger partial charge in [-0.1, -0.05) is 0 Å². The minimum absolute atomic E-state index is 0.144. The van der Waals surface area contributed by atoms with E-state index in [1.54, 1.807) is 6.92 Å². The van der Waals surface area contributed by atoms with Crippen molar-refractivity contribution in [1.82, 2.24) is 9.88 Å². The number of aromatic nitrogens is 1. The first-order chi connectivity index (χ1) is 10.5. The lowest BCUT2D eigenvalue weighted by molar-refractivity contribution is -0.385. The first kappa shape index (κ1) is 15.9. The molecule has 1 fully saturated rings. The molecule has 1 amide bonds. The number of pyridine rings is 1. The number of ether oxygens (including phenoxy) is 1. The van der Waals surface area contributed by atoms with Crippen LogP contribution in [0.2, 0.25) is 0 Å². The lowest BCUT2D eigenvalue weighted by atomic mass is 10.0. The fraction of sp³-hybridized carbons (Fsp3) is 0.500. The predicted molar refractivity (Wildman–Crippen MR) is 76.3 cm³/mol. The zero-order valence-electron chi connectivity index (χ0n) is 12.4. The maximum absolute atomic E-state index is 12.7. The van der Waals surface area contributed by atoms with E-state index in [2.05, 4.69) is 4.98 Å². The number of piperidine rings is 1. The fourth-order valence-electron chi connectivity index (χ4n) is 2.55. The first-order valence-electron chi connectivity index (χ1n) is 6.95. The lowest BCUT2D eigenvalue weighted by Crippen LogP contribution is -2.48. The van der Waals surface area contributed by atoms with Gasteiger partial charge >= 0.3 is 5.97 Å². The molecule has 118 valence electrons. The normalized spacial score (nSPS) is 17.9. The van der Waals surface area contributed by atoms with Gasteiger partial charge in [0.25, 0.3) is 11.6 Å². The number of carbonyl (C=O) groups is 2. The van der Waals surface area contributed by atoms with Crippen LogP contribution >= 0.6 is 0 Å². The van der Waals surface area contributed by atoms with Crippen molar-refractivity contribution in [1.29, 1.82) is 0 Å². The van der Waals surface area contributed by atoms with Crippen LogP contribution in [0.4, 0.5) is 5.69 Å². The van der Waals surface area contributed by atoms with Crippen molar-refractivity contribution in [3.8, 4) is 0 Å². The van der Waals surface area contributed by atoms with Gasteiger partial charge in [-0.25, -0.2) is 4.79 Å². The molecule has 8 heteroatoms. The van der Waals surface area contributed by atoms with Gasteiger partial charge in [0, 0.05) is 12.6 Å². The molecule has 8 nitrogen and oxygen atoms in total. The molecule has 0 N–H and O–H groups in total. The Balaban J connectivity index is 2.35. The number of hydrogen-bond acceptors (Lipinski definition) is 6. The van der Waals surface area contributed by atoms with Gasteiger partial charge < -0.3 is 9.64 Å². The van der Waals surface area contributed by atoms with Crippen LogP contribution in [-0.2, 0) is 9.53 Å². The van der Waals surface area contributed by atoms with Crippen LogP contribution in [0.5, 0.6) is 0 Å². The molecular formula is C14H17N3O5. The van der Waals surface area contributed by atoms with Crippen molar-refractivity contribution < 1.29 is 19.2 Å². The van der Waals surface area contributed by atoms with Crippen molar-refractivity contribution in [3.05, 3.63) is 33.6 Å². The van der Waals surface area contributed by atoms with E-state index >= 15 is 0 Å². The smallest absolute Gasteiger partial charge is 0.328 e. The Kier molecular flexibility index (Phi) is 4.69. The highest BCUT2D eigenvalue weighted by Gasteiger charge is 2.34. The van der Waals surface area contributed by atoms with E-state index in [0.717, 1.165) is 19.0 Å². The molecule has 1 aliphatic heterocycles. The van der Waals surface area contributed by atoms with Crippen molar-refractivity contribution in [2.24, 2.45) is 0 Å².